The summed E-state index contributed by atoms with van der Waals surface area (Å²) in [5.74, 6) is 1.54. The van der Waals surface area contributed by atoms with Crippen LogP contribution >= 0.6 is 22.9 Å². The Morgan fingerprint density at radius 3 is 2.72 bits per heavy atom. The molecular formula is C18H24ClN3O2S. The number of aliphatic hydroxyl groups is 1. The Morgan fingerprint density at radius 1 is 1.32 bits per heavy atom. The summed E-state index contributed by atoms with van der Waals surface area (Å²) in [6.45, 7) is 5.67. The second-order valence-electron chi connectivity index (χ2n) is 5.54. The molecule has 1 aromatic carbocycles. The van der Waals surface area contributed by atoms with E-state index in [2.05, 4.69) is 21.7 Å². The maximum Gasteiger partial charge on any atom is 0.191 e. The Labute approximate surface area is 157 Å². The molecule has 1 aromatic heterocycles. The highest BCUT2D eigenvalue weighted by Crippen LogP contribution is 2.26. The van der Waals surface area contributed by atoms with E-state index in [9.17, 15) is 5.11 Å². The molecule has 0 aliphatic rings. The summed E-state index contributed by atoms with van der Waals surface area (Å²) in [5.41, 5.74) is 2.18. The van der Waals surface area contributed by atoms with E-state index in [1.54, 1.807) is 13.2 Å². The van der Waals surface area contributed by atoms with E-state index in [0.29, 0.717) is 23.4 Å². The molecule has 0 aliphatic carbocycles. The van der Waals surface area contributed by atoms with E-state index in [0.717, 1.165) is 28.3 Å². The quantitative estimate of drug-likeness (QED) is 0.507. The van der Waals surface area contributed by atoms with E-state index in [-0.39, 0.29) is 0 Å². The second kappa shape index (κ2) is 9.65. The van der Waals surface area contributed by atoms with Gasteiger partial charge in [0, 0.05) is 18.0 Å². The molecule has 25 heavy (non-hydrogen) atoms. The molecule has 0 bridgehead atoms. The second-order valence-corrected chi connectivity index (χ2v) is 7.28. The van der Waals surface area contributed by atoms with Gasteiger partial charge in [0.25, 0.3) is 0 Å². The molecule has 1 atom stereocenters. The lowest BCUT2D eigenvalue weighted by Gasteiger charge is -2.14. The molecule has 2 rings (SSSR count). The van der Waals surface area contributed by atoms with E-state index >= 15 is 0 Å². The summed E-state index contributed by atoms with van der Waals surface area (Å²) >= 11 is 7.29. The Morgan fingerprint density at radius 2 is 2.12 bits per heavy atom. The Bertz CT molecular complexity index is 718. The van der Waals surface area contributed by atoms with Crippen LogP contribution in [0, 0.1) is 6.92 Å². The maximum atomic E-state index is 10.2. The summed E-state index contributed by atoms with van der Waals surface area (Å²) in [7, 11) is 1.67. The molecule has 3 N–H and O–H groups in total. The minimum absolute atomic E-state index is 0.365. The molecule has 2 aromatic rings. The number of aryl methyl sites for hydroxylation is 1. The van der Waals surface area contributed by atoms with Crippen LogP contribution in [0.2, 0.25) is 4.34 Å². The van der Waals surface area contributed by atoms with Crippen LogP contribution in [0.15, 0.2) is 35.3 Å². The zero-order valence-electron chi connectivity index (χ0n) is 14.7. The van der Waals surface area contributed by atoms with Crippen LogP contribution in [-0.2, 0) is 6.54 Å². The number of aliphatic hydroxyl groups excluding tert-OH is 1. The molecule has 0 aliphatic heterocycles. The lowest BCUT2D eigenvalue weighted by atomic mass is 10.1. The molecule has 7 heteroatoms. The molecule has 0 fully saturated rings. The average molecular weight is 382 g/mol. The summed E-state index contributed by atoms with van der Waals surface area (Å²) in [4.78, 5) is 5.40. The highest BCUT2D eigenvalue weighted by atomic mass is 35.5. The van der Waals surface area contributed by atoms with E-state index in [1.165, 1.54) is 11.3 Å². The molecule has 0 saturated carbocycles. The van der Waals surface area contributed by atoms with Gasteiger partial charge >= 0.3 is 0 Å². The van der Waals surface area contributed by atoms with Gasteiger partial charge < -0.3 is 20.5 Å². The molecule has 0 amide bonds. The number of thiophene rings is 1. The fourth-order valence-electron chi connectivity index (χ4n) is 2.35. The van der Waals surface area contributed by atoms with E-state index < -0.39 is 6.10 Å². The van der Waals surface area contributed by atoms with Crippen LogP contribution in [0.4, 0.5) is 0 Å². The molecule has 1 heterocycles. The van der Waals surface area contributed by atoms with Gasteiger partial charge in [0.2, 0.25) is 0 Å². The normalized spacial score (nSPS) is 12.8. The van der Waals surface area contributed by atoms with Gasteiger partial charge in [-0.25, -0.2) is 4.99 Å². The summed E-state index contributed by atoms with van der Waals surface area (Å²) < 4.78 is 5.95. The maximum absolute atomic E-state index is 10.2. The first kappa shape index (κ1) is 19.6. The minimum atomic E-state index is -0.621. The minimum Gasteiger partial charge on any atom is -0.496 e. The number of guanidine groups is 1. The third-order valence-electron chi connectivity index (χ3n) is 3.61. The van der Waals surface area contributed by atoms with Gasteiger partial charge in [-0.3, -0.25) is 0 Å². The molecule has 0 radical (unpaired) electrons. The number of hydrogen-bond donors (Lipinski definition) is 3. The number of nitrogens with one attached hydrogen (secondary N) is 2. The van der Waals surface area contributed by atoms with Crippen molar-refractivity contribution in [2.24, 2.45) is 4.99 Å². The first-order chi connectivity index (χ1) is 12.0. The lowest BCUT2D eigenvalue weighted by Crippen LogP contribution is -2.39. The molecule has 5 nitrogen and oxygen atoms in total. The first-order valence-electron chi connectivity index (χ1n) is 8.12. The zero-order valence-corrected chi connectivity index (χ0v) is 16.2. The zero-order chi connectivity index (χ0) is 18.2. The fourth-order valence-corrected chi connectivity index (χ4v) is 3.40. The van der Waals surface area contributed by atoms with Crippen molar-refractivity contribution in [3.63, 3.8) is 0 Å². The SMILES string of the molecule is CCNC(=NCc1ccc(OC)c(C)c1)NCC(O)c1ccc(Cl)s1. The van der Waals surface area contributed by atoms with Gasteiger partial charge in [0.1, 0.15) is 11.9 Å². The summed E-state index contributed by atoms with van der Waals surface area (Å²) in [5, 5.41) is 16.6. The predicted octanol–water partition coefficient (Wildman–Crippen LogP) is 3.51. The third-order valence-corrected chi connectivity index (χ3v) is 4.94. The molecule has 0 spiro atoms. The van der Waals surface area contributed by atoms with Gasteiger partial charge in [-0.05, 0) is 43.2 Å². The number of rotatable bonds is 7. The van der Waals surface area contributed by atoms with Gasteiger partial charge in [-0.2, -0.15) is 0 Å². The van der Waals surface area contributed by atoms with Crippen molar-refractivity contribution in [1.82, 2.24) is 10.6 Å². The Kier molecular flexibility index (Phi) is 7.55. The van der Waals surface area contributed by atoms with Crippen molar-refractivity contribution < 1.29 is 9.84 Å². The summed E-state index contributed by atoms with van der Waals surface area (Å²) in [6.07, 6.45) is -0.621. The van der Waals surface area contributed by atoms with Crippen molar-refractivity contribution in [2.45, 2.75) is 26.5 Å². The number of ether oxygens (including phenoxy) is 1. The third kappa shape index (κ3) is 5.92. The highest BCUT2D eigenvalue weighted by Gasteiger charge is 2.11. The molecule has 136 valence electrons. The molecule has 0 saturated heterocycles. The van der Waals surface area contributed by atoms with Crippen molar-refractivity contribution in [3.8, 4) is 5.75 Å². The Hall–Kier alpha value is -1.76. The smallest absolute Gasteiger partial charge is 0.191 e. The van der Waals surface area contributed by atoms with E-state index in [4.69, 9.17) is 16.3 Å². The van der Waals surface area contributed by atoms with Crippen LogP contribution in [-0.4, -0.2) is 31.3 Å². The predicted molar refractivity (Wildman–Crippen MR) is 105 cm³/mol. The monoisotopic (exact) mass is 381 g/mol. The van der Waals surface area contributed by atoms with E-state index in [1.807, 2.05) is 32.0 Å². The van der Waals surface area contributed by atoms with Gasteiger partial charge in [0.15, 0.2) is 5.96 Å². The largest absolute Gasteiger partial charge is 0.496 e. The number of benzene rings is 1. The van der Waals surface area contributed by atoms with Crippen LogP contribution in [0.3, 0.4) is 0 Å². The number of methoxy groups -OCH3 is 1. The van der Waals surface area contributed by atoms with Crippen molar-refractivity contribution in [2.75, 3.05) is 20.2 Å². The van der Waals surface area contributed by atoms with Crippen LogP contribution < -0.4 is 15.4 Å². The summed E-state index contributed by atoms with van der Waals surface area (Å²) in [6, 6.07) is 9.64. The number of nitrogens with zero attached hydrogens (tertiary/aromatic N) is 1. The first-order valence-corrected chi connectivity index (χ1v) is 9.32. The number of halogens is 1. The highest BCUT2D eigenvalue weighted by molar-refractivity contribution is 7.16. The standard InChI is InChI=1S/C18H24ClN3O2S/c1-4-20-18(22-11-14(23)16-7-8-17(19)25-16)21-10-13-5-6-15(24-3)12(2)9-13/h5-9,14,23H,4,10-11H2,1-3H3,(H2,20,21,22). The van der Waals surface area contributed by atoms with Gasteiger partial charge in [-0.1, -0.05) is 23.7 Å². The Balaban J connectivity index is 1.96. The topological polar surface area (TPSA) is 65.9 Å². The average Bonchev–Trinajstić information content (AvgIpc) is 3.03. The van der Waals surface area contributed by atoms with Gasteiger partial charge in [-0.15, -0.1) is 11.3 Å². The van der Waals surface area contributed by atoms with Crippen LogP contribution in [0.25, 0.3) is 0 Å². The van der Waals surface area contributed by atoms with Crippen molar-refractivity contribution in [3.05, 3.63) is 50.7 Å². The van der Waals surface area contributed by atoms with Gasteiger partial charge in [0.05, 0.1) is 18.0 Å². The van der Waals surface area contributed by atoms with Crippen LogP contribution in [0.1, 0.15) is 29.0 Å². The molecular weight excluding hydrogens is 358 g/mol. The molecule has 1 unspecified atom stereocenters. The van der Waals surface area contributed by atoms with Crippen molar-refractivity contribution in [1.29, 1.82) is 0 Å². The number of hydrogen-bond acceptors (Lipinski definition) is 4. The lowest BCUT2D eigenvalue weighted by molar-refractivity contribution is 0.184. The van der Waals surface area contributed by atoms with Crippen LogP contribution in [0.5, 0.6) is 5.75 Å². The fraction of sp³-hybridized carbons (Fsp3) is 0.389. The number of aliphatic imine (C=N–C) groups is 1. The van der Waals surface area contributed by atoms with Crippen molar-refractivity contribution >= 4 is 28.9 Å².